The Hall–Kier alpha value is 0.470. The second-order valence-electron chi connectivity index (χ2n) is 13.6. The van der Waals surface area contributed by atoms with E-state index in [-0.39, 0.29) is 0 Å². The number of fused-ring (bicyclic) bond motifs is 4. The SMILES string of the molecule is CC[C@H](CC[C@@H](C)[C@@]12CC[C@H]3C4CC=C5CC(C)CCC5(C)[C@H]4CC[C@@]31C2)C(C)C.CI. The van der Waals surface area contributed by atoms with E-state index in [4.69, 9.17) is 0 Å². The third-order valence-electron chi connectivity index (χ3n) is 12.3. The minimum Gasteiger partial charge on any atom is -0.0901 e. The van der Waals surface area contributed by atoms with Crippen molar-refractivity contribution in [2.45, 2.75) is 119 Å². The average molecular weight is 553 g/mol. The molecular weight excluding hydrogens is 499 g/mol. The second-order valence-corrected chi connectivity index (χ2v) is 13.6. The molecule has 1 heteroatoms. The summed E-state index contributed by atoms with van der Waals surface area (Å²) in [5, 5.41) is 0. The number of hydrogen-bond acceptors (Lipinski definition) is 0. The van der Waals surface area contributed by atoms with Gasteiger partial charge in [-0.05, 0) is 133 Å². The molecule has 32 heavy (non-hydrogen) atoms. The predicted molar refractivity (Wildman–Crippen MR) is 149 cm³/mol. The van der Waals surface area contributed by atoms with Crippen LogP contribution in [0.25, 0.3) is 0 Å². The first kappa shape index (κ1) is 25.6. The zero-order chi connectivity index (χ0) is 23.3. The highest BCUT2D eigenvalue weighted by molar-refractivity contribution is 14.1. The van der Waals surface area contributed by atoms with Gasteiger partial charge in [-0.3, -0.25) is 0 Å². The van der Waals surface area contributed by atoms with E-state index in [1.54, 1.807) is 32.1 Å². The van der Waals surface area contributed by atoms with Gasteiger partial charge in [-0.1, -0.05) is 82.2 Å². The molecule has 184 valence electrons. The largest absolute Gasteiger partial charge is 0.0901 e. The van der Waals surface area contributed by atoms with E-state index in [9.17, 15) is 0 Å². The summed E-state index contributed by atoms with van der Waals surface area (Å²) in [4.78, 5) is 1.97. The normalized spacial score (nSPS) is 46.0. The molecule has 0 saturated heterocycles. The fourth-order valence-corrected chi connectivity index (χ4v) is 10.3. The van der Waals surface area contributed by atoms with Gasteiger partial charge in [0.1, 0.15) is 0 Å². The first-order valence-electron chi connectivity index (χ1n) is 14.3. The molecule has 5 aliphatic carbocycles. The lowest BCUT2D eigenvalue weighted by atomic mass is 9.49. The van der Waals surface area contributed by atoms with Crippen molar-refractivity contribution in [2.75, 3.05) is 4.93 Å². The van der Waals surface area contributed by atoms with Crippen molar-refractivity contribution in [1.82, 2.24) is 0 Å². The summed E-state index contributed by atoms with van der Waals surface area (Å²) in [7, 11) is 0. The van der Waals surface area contributed by atoms with Crippen LogP contribution in [0.15, 0.2) is 11.6 Å². The number of hydrogen-bond donors (Lipinski definition) is 0. The molecule has 0 nitrogen and oxygen atoms in total. The molecule has 5 rings (SSSR count). The van der Waals surface area contributed by atoms with Gasteiger partial charge in [-0.2, -0.15) is 0 Å². The molecule has 0 amide bonds. The van der Waals surface area contributed by atoms with Crippen molar-refractivity contribution in [1.29, 1.82) is 0 Å². The van der Waals surface area contributed by atoms with Crippen LogP contribution < -0.4 is 0 Å². The molecule has 4 fully saturated rings. The Labute approximate surface area is 214 Å². The summed E-state index contributed by atoms with van der Waals surface area (Å²) in [5.74, 6) is 6.81. The molecule has 9 atom stereocenters. The van der Waals surface area contributed by atoms with Crippen LogP contribution in [0, 0.1) is 57.7 Å². The van der Waals surface area contributed by atoms with Crippen molar-refractivity contribution in [3.8, 4) is 0 Å². The molecule has 0 radical (unpaired) electrons. The van der Waals surface area contributed by atoms with E-state index in [0.717, 1.165) is 52.3 Å². The molecule has 0 aliphatic heterocycles. The summed E-state index contributed by atoms with van der Waals surface area (Å²) >= 11 is 2.15. The number of halogens is 1. The van der Waals surface area contributed by atoms with Crippen LogP contribution in [-0.2, 0) is 0 Å². The summed E-state index contributed by atoms with van der Waals surface area (Å²) in [6.07, 6.45) is 20.8. The zero-order valence-electron chi connectivity index (χ0n) is 22.5. The van der Waals surface area contributed by atoms with Crippen LogP contribution in [0.5, 0.6) is 0 Å². The molecule has 0 bridgehead atoms. The molecule has 0 aromatic rings. The van der Waals surface area contributed by atoms with E-state index >= 15 is 0 Å². The minimum absolute atomic E-state index is 0.564. The maximum atomic E-state index is 2.77. The standard InChI is InChI=1S/C30H50.CH3I/c1-7-23(20(2)3)9-8-22(5)29-16-14-27-25-11-10-24-18-21(4)12-15-28(24,6)26(25)13-17-30(27,29)19-29;1-2/h10,20-23,25-27H,7-9,11-19H2,1-6H3;1H3/t21?,22-,23-,25?,26+,27+,28?,29+,30-;/m1./s1. The van der Waals surface area contributed by atoms with Gasteiger partial charge in [0, 0.05) is 0 Å². The Balaban J connectivity index is 0.00000119. The fraction of sp³-hybridized carbons (Fsp3) is 0.935. The smallest absolute Gasteiger partial charge is 0.00851 e. The van der Waals surface area contributed by atoms with Gasteiger partial charge in [-0.15, -0.1) is 0 Å². The lowest BCUT2D eigenvalue weighted by Gasteiger charge is -2.56. The zero-order valence-corrected chi connectivity index (χ0v) is 24.6. The molecule has 0 N–H and O–H groups in total. The van der Waals surface area contributed by atoms with Gasteiger partial charge in [-0.25, -0.2) is 0 Å². The van der Waals surface area contributed by atoms with E-state index in [0.29, 0.717) is 5.41 Å². The van der Waals surface area contributed by atoms with Gasteiger partial charge >= 0.3 is 0 Å². The second kappa shape index (κ2) is 9.50. The van der Waals surface area contributed by atoms with Crippen LogP contribution >= 0.6 is 22.6 Å². The van der Waals surface area contributed by atoms with Crippen LogP contribution in [-0.4, -0.2) is 4.93 Å². The predicted octanol–water partition coefficient (Wildman–Crippen LogP) is 10.1. The Bertz CT molecular complexity index is 693. The van der Waals surface area contributed by atoms with Crippen LogP contribution in [0.4, 0.5) is 0 Å². The third-order valence-corrected chi connectivity index (χ3v) is 12.3. The summed E-state index contributed by atoms with van der Waals surface area (Å²) in [5.41, 5.74) is 3.97. The van der Waals surface area contributed by atoms with Crippen LogP contribution in [0.1, 0.15) is 119 Å². The highest BCUT2D eigenvalue weighted by Gasteiger charge is 2.77. The summed E-state index contributed by atoms with van der Waals surface area (Å²) < 4.78 is 0. The van der Waals surface area contributed by atoms with Crippen molar-refractivity contribution >= 4 is 22.6 Å². The summed E-state index contributed by atoms with van der Waals surface area (Å²) in [6, 6.07) is 0. The highest BCUT2D eigenvalue weighted by atomic mass is 127. The number of rotatable bonds is 6. The van der Waals surface area contributed by atoms with Gasteiger partial charge in [0.2, 0.25) is 0 Å². The first-order valence-corrected chi connectivity index (χ1v) is 16.5. The van der Waals surface area contributed by atoms with Crippen molar-refractivity contribution in [2.24, 2.45) is 57.7 Å². The van der Waals surface area contributed by atoms with Gasteiger partial charge in [0.25, 0.3) is 0 Å². The lowest BCUT2D eigenvalue weighted by Crippen LogP contribution is -2.47. The van der Waals surface area contributed by atoms with E-state index in [1.165, 1.54) is 44.9 Å². The monoisotopic (exact) mass is 552 g/mol. The van der Waals surface area contributed by atoms with Crippen LogP contribution in [0.3, 0.4) is 0 Å². The maximum absolute atomic E-state index is 2.77. The van der Waals surface area contributed by atoms with Crippen molar-refractivity contribution in [3.05, 3.63) is 11.6 Å². The lowest BCUT2D eigenvalue weighted by molar-refractivity contribution is -0.0125. The first-order chi connectivity index (χ1) is 15.3. The quantitative estimate of drug-likeness (QED) is 0.175. The molecule has 4 saturated carbocycles. The Morgan fingerprint density at radius 2 is 1.72 bits per heavy atom. The molecule has 1 spiro atoms. The van der Waals surface area contributed by atoms with Crippen molar-refractivity contribution < 1.29 is 0 Å². The molecule has 0 aromatic heterocycles. The van der Waals surface area contributed by atoms with E-state index in [2.05, 4.69) is 70.2 Å². The fourth-order valence-electron chi connectivity index (χ4n) is 10.3. The molecule has 0 heterocycles. The number of alkyl halides is 1. The third kappa shape index (κ3) is 3.80. The molecular formula is C31H53I. The van der Waals surface area contributed by atoms with Gasteiger partial charge in [0.15, 0.2) is 0 Å². The maximum Gasteiger partial charge on any atom is -0.00851 e. The average Bonchev–Trinajstić information content (AvgIpc) is 3.31. The molecule has 5 aliphatic rings. The highest BCUT2D eigenvalue weighted by Crippen LogP contribution is 2.85. The molecule has 0 aromatic carbocycles. The number of allylic oxidation sites excluding steroid dienone is 2. The van der Waals surface area contributed by atoms with Crippen LogP contribution in [0.2, 0.25) is 0 Å². The Kier molecular flexibility index (Phi) is 7.58. The minimum atomic E-state index is 0.564. The molecule has 3 unspecified atom stereocenters. The van der Waals surface area contributed by atoms with Gasteiger partial charge < -0.3 is 0 Å². The Morgan fingerprint density at radius 3 is 2.41 bits per heavy atom. The Morgan fingerprint density at radius 1 is 1.00 bits per heavy atom. The van der Waals surface area contributed by atoms with E-state index in [1.807, 2.05) is 10.5 Å². The van der Waals surface area contributed by atoms with Gasteiger partial charge in [0.05, 0.1) is 0 Å². The van der Waals surface area contributed by atoms with Crippen molar-refractivity contribution in [3.63, 3.8) is 0 Å². The van der Waals surface area contributed by atoms with E-state index < -0.39 is 0 Å². The topological polar surface area (TPSA) is 0 Å². The summed E-state index contributed by atoms with van der Waals surface area (Å²) in [6.45, 7) is 15.1.